The van der Waals surface area contributed by atoms with Gasteiger partial charge in [-0.25, -0.2) is 0 Å². The molecule has 1 N–H and O–H groups in total. The fraction of sp³-hybridized carbons (Fsp3) is 0.407. The highest BCUT2D eigenvalue weighted by Crippen LogP contribution is 2.28. The average molecular weight is 448 g/mol. The van der Waals surface area contributed by atoms with Crippen LogP contribution in [0.1, 0.15) is 36.3 Å². The molecule has 2 aromatic carbocycles. The van der Waals surface area contributed by atoms with Crippen LogP contribution in [-0.2, 0) is 9.59 Å². The first kappa shape index (κ1) is 23.1. The highest BCUT2D eigenvalue weighted by Gasteiger charge is 2.33. The average Bonchev–Trinajstić information content (AvgIpc) is 2.87. The van der Waals surface area contributed by atoms with Gasteiger partial charge < -0.3 is 15.0 Å². The van der Waals surface area contributed by atoms with E-state index >= 15 is 0 Å². The van der Waals surface area contributed by atoms with Gasteiger partial charge in [-0.1, -0.05) is 60.7 Å². The van der Waals surface area contributed by atoms with Crippen LogP contribution in [0.3, 0.4) is 0 Å². The predicted octanol–water partition coefficient (Wildman–Crippen LogP) is 3.31. The van der Waals surface area contributed by atoms with Crippen molar-refractivity contribution < 1.29 is 14.3 Å². The first-order chi connectivity index (χ1) is 16.2. The standard InChI is InChI=1S/C27H33N3O3/c1-33-25-12-6-5-10-23(25)11-7-16-29-19-15-28-27(32)24(29)20-26(31)30-17-13-22(14-18-30)21-8-3-2-4-9-21/h2-12,22,24H,13-20H2,1H3,(H,28,32). The number of hydrogen-bond acceptors (Lipinski definition) is 4. The van der Waals surface area contributed by atoms with E-state index in [2.05, 4.69) is 34.5 Å². The Balaban J connectivity index is 1.33. The maximum atomic E-state index is 13.1. The van der Waals surface area contributed by atoms with Crippen molar-refractivity contribution >= 4 is 17.9 Å². The highest BCUT2D eigenvalue weighted by molar-refractivity contribution is 5.89. The molecule has 33 heavy (non-hydrogen) atoms. The summed E-state index contributed by atoms with van der Waals surface area (Å²) in [6, 6.07) is 17.9. The molecule has 0 bridgehead atoms. The quantitative estimate of drug-likeness (QED) is 0.708. The monoisotopic (exact) mass is 447 g/mol. The van der Waals surface area contributed by atoms with Crippen molar-refractivity contribution in [2.24, 2.45) is 0 Å². The number of carbonyl (C=O) groups is 2. The van der Waals surface area contributed by atoms with Gasteiger partial charge in [-0.05, 0) is 30.4 Å². The maximum absolute atomic E-state index is 13.1. The number of likely N-dealkylation sites (tertiary alicyclic amines) is 1. The molecule has 0 aromatic heterocycles. The van der Waals surface area contributed by atoms with E-state index in [-0.39, 0.29) is 18.2 Å². The van der Waals surface area contributed by atoms with Gasteiger partial charge in [0, 0.05) is 38.3 Å². The van der Waals surface area contributed by atoms with Crippen LogP contribution >= 0.6 is 0 Å². The molecule has 6 heteroatoms. The summed E-state index contributed by atoms with van der Waals surface area (Å²) in [7, 11) is 1.66. The van der Waals surface area contributed by atoms with Gasteiger partial charge in [0.2, 0.25) is 11.8 Å². The minimum Gasteiger partial charge on any atom is -0.496 e. The van der Waals surface area contributed by atoms with Crippen LogP contribution in [0.5, 0.6) is 5.75 Å². The van der Waals surface area contributed by atoms with Gasteiger partial charge in [0.05, 0.1) is 19.6 Å². The largest absolute Gasteiger partial charge is 0.496 e. The molecular weight excluding hydrogens is 414 g/mol. The van der Waals surface area contributed by atoms with Crippen molar-refractivity contribution in [3.63, 3.8) is 0 Å². The third-order valence-electron chi connectivity index (χ3n) is 6.70. The summed E-state index contributed by atoms with van der Waals surface area (Å²) in [4.78, 5) is 29.7. The fourth-order valence-electron chi connectivity index (χ4n) is 4.80. The minimum absolute atomic E-state index is 0.0561. The Morgan fingerprint density at radius 3 is 2.55 bits per heavy atom. The number of para-hydroxylation sites is 1. The third-order valence-corrected chi connectivity index (χ3v) is 6.70. The van der Waals surface area contributed by atoms with E-state index in [9.17, 15) is 9.59 Å². The summed E-state index contributed by atoms with van der Waals surface area (Å²) in [6.45, 7) is 3.45. The van der Waals surface area contributed by atoms with Crippen LogP contribution in [-0.4, -0.2) is 67.5 Å². The molecule has 2 heterocycles. The van der Waals surface area contributed by atoms with Crippen molar-refractivity contribution in [3.8, 4) is 5.75 Å². The van der Waals surface area contributed by atoms with E-state index in [1.54, 1.807) is 7.11 Å². The molecule has 0 aliphatic carbocycles. The molecule has 2 aliphatic heterocycles. The van der Waals surface area contributed by atoms with E-state index in [0.29, 0.717) is 19.0 Å². The molecule has 2 saturated heterocycles. The second-order valence-corrected chi connectivity index (χ2v) is 8.72. The highest BCUT2D eigenvalue weighted by atomic mass is 16.5. The zero-order chi connectivity index (χ0) is 23.0. The number of piperidine rings is 1. The zero-order valence-corrected chi connectivity index (χ0v) is 19.3. The molecule has 4 rings (SSSR count). The first-order valence-electron chi connectivity index (χ1n) is 11.8. The van der Waals surface area contributed by atoms with Gasteiger partial charge in [-0.2, -0.15) is 0 Å². The lowest BCUT2D eigenvalue weighted by Crippen LogP contribution is -2.56. The summed E-state index contributed by atoms with van der Waals surface area (Å²) >= 11 is 0. The van der Waals surface area contributed by atoms with Crippen LogP contribution in [0, 0.1) is 0 Å². The first-order valence-corrected chi connectivity index (χ1v) is 11.8. The molecule has 2 amide bonds. The van der Waals surface area contributed by atoms with E-state index in [4.69, 9.17) is 4.74 Å². The lowest BCUT2D eigenvalue weighted by atomic mass is 9.89. The van der Waals surface area contributed by atoms with Crippen LogP contribution in [0.15, 0.2) is 60.7 Å². The SMILES string of the molecule is COc1ccccc1C=CCN1CCNC(=O)C1CC(=O)N1CCC(c2ccccc2)CC1. The number of nitrogens with zero attached hydrogens (tertiary/aromatic N) is 2. The molecule has 1 unspecified atom stereocenters. The van der Waals surface area contributed by atoms with Crippen molar-refractivity contribution in [1.82, 2.24) is 15.1 Å². The minimum atomic E-state index is -0.430. The smallest absolute Gasteiger partial charge is 0.237 e. The number of rotatable bonds is 7. The number of benzene rings is 2. The Morgan fingerprint density at radius 2 is 1.79 bits per heavy atom. The summed E-state index contributed by atoms with van der Waals surface area (Å²) in [5.74, 6) is 1.34. The molecule has 2 fully saturated rings. The number of ether oxygens (including phenoxy) is 1. The van der Waals surface area contributed by atoms with Gasteiger partial charge in [-0.3, -0.25) is 14.5 Å². The van der Waals surface area contributed by atoms with E-state index in [1.807, 2.05) is 47.4 Å². The Kier molecular flexibility index (Phi) is 7.79. The second-order valence-electron chi connectivity index (χ2n) is 8.72. The third kappa shape index (κ3) is 5.82. The number of carbonyl (C=O) groups excluding carboxylic acids is 2. The molecule has 1 atom stereocenters. The molecule has 2 aromatic rings. The number of piperazine rings is 1. The van der Waals surface area contributed by atoms with Gasteiger partial charge >= 0.3 is 0 Å². The summed E-state index contributed by atoms with van der Waals surface area (Å²) < 4.78 is 5.40. The van der Waals surface area contributed by atoms with E-state index in [0.717, 1.165) is 43.8 Å². The number of nitrogens with one attached hydrogen (secondary N) is 1. The van der Waals surface area contributed by atoms with Gasteiger partial charge in [0.25, 0.3) is 0 Å². The summed E-state index contributed by atoms with van der Waals surface area (Å²) in [5, 5.41) is 2.93. The molecule has 0 saturated carbocycles. The van der Waals surface area contributed by atoms with Crippen LogP contribution in [0.2, 0.25) is 0 Å². The van der Waals surface area contributed by atoms with Crippen molar-refractivity contribution in [3.05, 3.63) is 71.8 Å². The van der Waals surface area contributed by atoms with Crippen molar-refractivity contribution in [2.75, 3.05) is 39.8 Å². The number of methoxy groups -OCH3 is 1. The normalized spacial score (nSPS) is 20.1. The van der Waals surface area contributed by atoms with Crippen LogP contribution < -0.4 is 10.1 Å². The Morgan fingerprint density at radius 1 is 1.06 bits per heavy atom. The number of amides is 2. The molecule has 0 radical (unpaired) electrons. The van der Waals surface area contributed by atoms with E-state index < -0.39 is 6.04 Å². The molecular formula is C27H33N3O3. The Labute approximate surface area is 196 Å². The lowest BCUT2D eigenvalue weighted by molar-refractivity contribution is -0.139. The Bertz CT molecular complexity index is 968. The molecule has 2 aliphatic rings. The predicted molar refractivity (Wildman–Crippen MR) is 130 cm³/mol. The van der Waals surface area contributed by atoms with Crippen LogP contribution in [0.4, 0.5) is 0 Å². The molecule has 174 valence electrons. The van der Waals surface area contributed by atoms with Gasteiger partial charge in [0.1, 0.15) is 5.75 Å². The molecule has 6 nitrogen and oxygen atoms in total. The van der Waals surface area contributed by atoms with Crippen LogP contribution in [0.25, 0.3) is 6.08 Å². The Hall–Kier alpha value is -3.12. The topological polar surface area (TPSA) is 61.9 Å². The second kappa shape index (κ2) is 11.1. The van der Waals surface area contributed by atoms with Crippen molar-refractivity contribution in [2.45, 2.75) is 31.2 Å². The number of hydrogen-bond donors (Lipinski definition) is 1. The maximum Gasteiger partial charge on any atom is 0.237 e. The zero-order valence-electron chi connectivity index (χ0n) is 19.3. The lowest BCUT2D eigenvalue weighted by Gasteiger charge is -2.37. The van der Waals surface area contributed by atoms with Gasteiger partial charge in [-0.15, -0.1) is 0 Å². The molecule has 0 spiro atoms. The van der Waals surface area contributed by atoms with Gasteiger partial charge in [0.15, 0.2) is 0 Å². The van der Waals surface area contributed by atoms with Crippen molar-refractivity contribution in [1.29, 1.82) is 0 Å². The fourth-order valence-corrected chi connectivity index (χ4v) is 4.80. The van der Waals surface area contributed by atoms with E-state index in [1.165, 1.54) is 5.56 Å². The summed E-state index contributed by atoms with van der Waals surface area (Å²) in [5.41, 5.74) is 2.35. The summed E-state index contributed by atoms with van der Waals surface area (Å²) in [6.07, 6.45) is 6.22.